The Balaban J connectivity index is 1.41. The van der Waals surface area contributed by atoms with Crippen molar-refractivity contribution in [1.82, 2.24) is 0 Å². The van der Waals surface area contributed by atoms with Crippen LogP contribution in [0.3, 0.4) is 0 Å². The van der Waals surface area contributed by atoms with Gasteiger partial charge in [0.1, 0.15) is 0 Å². The molecule has 0 radical (unpaired) electrons. The molecule has 0 aliphatic heterocycles. The van der Waals surface area contributed by atoms with Crippen LogP contribution in [-0.4, -0.2) is 14.5 Å². The van der Waals surface area contributed by atoms with E-state index in [9.17, 15) is 0 Å². The molecule has 154 valence electrons. The van der Waals surface area contributed by atoms with Gasteiger partial charge in [-0.1, -0.05) is 0 Å². The Hall–Kier alpha value is -3.64. The average molecular weight is 483 g/mol. The third kappa shape index (κ3) is 3.21. The number of fused-ring (bicyclic) bond motifs is 5. The predicted molar refractivity (Wildman–Crippen MR) is 144 cm³/mol. The van der Waals surface area contributed by atoms with E-state index in [0.29, 0.717) is 14.5 Å². The minimum atomic E-state index is 0.332. The van der Waals surface area contributed by atoms with Crippen LogP contribution in [0.5, 0.6) is 0 Å². The zero-order chi connectivity index (χ0) is 21.8. The Kier molecular flexibility index (Phi) is 4.27. The van der Waals surface area contributed by atoms with Crippen LogP contribution in [0.2, 0.25) is 0 Å². The van der Waals surface area contributed by atoms with E-state index in [4.69, 9.17) is 0 Å². The maximum atomic E-state index is 2.43. The van der Waals surface area contributed by atoms with Crippen molar-refractivity contribution < 1.29 is 0 Å². The quantitative estimate of drug-likeness (QED) is 0.216. The van der Waals surface area contributed by atoms with Crippen LogP contribution in [0.15, 0.2) is 121 Å². The number of hydrogen-bond donors (Lipinski definition) is 0. The van der Waals surface area contributed by atoms with Gasteiger partial charge in [0.15, 0.2) is 0 Å². The first kappa shape index (κ1) is 18.9. The molecule has 6 aromatic carbocycles. The van der Waals surface area contributed by atoms with Gasteiger partial charge in [-0.2, -0.15) is 0 Å². The second-order valence-electron chi connectivity index (χ2n) is 8.65. The van der Waals surface area contributed by atoms with Gasteiger partial charge >= 0.3 is 199 Å². The second-order valence-corrected chi connectivity index (χ2v) is 10.9. The average Bonchev–Trinajstić information content (AvgIpc) is 3.22. The van der Waals surface area contributed by atoms with Crippen molar-refractivity contribution in [2.24, 2.45) is 0 Å². The molecule has 33 heavy (non-hydrogen) atoms. The van der Waals surface area contributed by atoms with Gasteiger partial charge in [0.25, 0.3) is 0 Å². The van der Waals surface area contributed by atoms with Gasteiger partial charge < -0.3 is 0 Å². The zero-order valence-corrected chi connectivity index (χ0v) is 19.7. The van der Waals surface area contributed by atoms with Gasteiger partial charge in [-0.25, -0.2) is 0 Å². The summed E-state index contributed by atoms with van der Waals surface area (Å²) in [6.45, 7) is 0. The number of hydrogen-bond acceptors (Lipinski definition) is 0. The normalized spacial score (nSPS) is 11.6. The molecule has 0 atom stereocenters. The topological polar surface area (TPSA) is 0 Å². The molecule has 0 saturated heterocycles. The predicted octanol–water partition coefficient (Wildman–Crippen LogP) is 8.69. The van der Waals surface area contributed by atoms with E-state index in [1.807, 2.05) is 0 Å². The van der Waals surface area contributed by atoms with E-state index in [1.165, 1.54) is 63.1 Å². The molecule has 0 N–H and O–H groups in total. The van der Waals surface area contributed by atoms with Gasteiger partial charge in [-0.05, 0) is 0 Å². The van der Waals surface area contributed by atoms with Crippen LogP contribution in [0, 0.1) is 0 Å². The van der Waals surface area contributed by atoms with Crippen molar-refractivity contribution >= 4 is 55.3 Å². The summed E-state index contributed by atoms with van der Waals surface area (Å²) in [5, 5.41) is 8.13. The van der Waals surface area contributed by atoms with Crippen molar-refractivity contribution in [3.63, 3.8) is 0 Å². The summed E-state index contributed by atoms with van der Waals surface area (Å²) in [6, 6.07) is 44.7. The molecule has 1 heteroatoms. The Labute approximate surface area is 198 Å². The molecule has 0 amide bonds. The first-order chi connectivity index (χ1) is 16.3. The van der Waals surface area contributed by atoms with Crippen molar-refractivity contribution in [3.8, 4) is 22.3 Å². The van der Waals surface area contributed by atoms with Gasteiger partial charge in [0.05, 0.1) is 0 Å². The van der Waals surface area contributed by atoms with E-state index >= 15 is 0 Å². The molecule has 7 aromatic rings. The maximum absolute atomic E-state index is 2.43. The number of benzene rings is 6. The molecule has 0 unspecified atom stereocenters. The molecule has 1 heterocycles. The Bertz CT molecular complexity index is 1660. The first-order valence-electron chi connectivity index (χ1n) is 11.3. The third-order valence-corrected chi connectivity index (χ3v) is 8.94. The van der Waals surface area contributed by atoms with Crippen LogP contribution in [-0.2, 0) is 0 Å². The van der Waals surface area contributed by atoms with Crippen LogP contribution in [0.4, 0.5) is 0 Å². The zero-order valence-electron chi connectivity index (χ0n) is 18.0. The van der Waals surface area contributed by atoms with Crippen LogP contribution >= 0.6 is 0 Å². The van der Waals surface area contributed by atoms with Crippen molar-refractivity contribution in [1.29, 1.82) is 0 Å². The van der Waals surface area contributed by atoms with Crippen LogP contribution in [0.25, 0.3) is 63.1 Å². The summed E-state index contributed by atoms with van der Waals surface area (Å²) in [7, 11) is 0. The molecule has 0 bridgehead atoms. The van der Waals surface area contributed by atoms with Crippen molar-refractivity contribution in [2.45, 2.75) is 0 Å². The van der Waals surface area contributed by atoms with Gasteiger partial charge in [-0.15, -0.1) is 0 Å². The van der Waals surface area contributed by atoms with Crippen LogP contribution < -0.4 is 0 Å². The van der Waals surface area contributed by atoms with Crippen LogP contribution in [0.1, 0.15) is 0 Å². The Morgan fingerprint density at radius 3 is 1.24 bits per heavy atom. The monoisotopic (exact) mass is 484 g/mol. The standard InChI is InChI=1S/C32H20Se/c1-3-7-21(8-4-1)23-11-13-25-17-29-30-18-26-14-12-24(22-9-5-2-6-10-22)16-28(26)20-32(30)33-31(29)19-27(25)15-23/h1-20H. The molecular formula is C32H20Se. The summed E-state index contributed by atoms with van der Waals surface area (Å²) in [4.78, 5) is 0. The van der Waals surface area contributed by atoms with E-state index in [-0.39, 0.29) is 0 Å². The second kappa shape index (κ2) is 7.46. The fourth-order valence-corrected chi connectivity index (χ4v) is 7.33. The Morgan fingerprint density at radius 1 is 0.333 bits per heavy atom. The molecule has 0 aliphatic rings. The molecule has 0 saturated carbocycles. The van der Waals surface area contributed by atoms with Gasteiger partial charge in [-0.3, -0.25) is 0 Å². The first-order valence-corrected chi connectivity index (χ1v) is 13.0. The third-order valence-electron chi connectivity index (χ3n) is 6.60. The number of rotatable bonds is 2. The molecule has 0 nitrogen and oxygen atoms in total. The Morgan fingerprint density at radius 2 is 0.788 bits per heavy atom. The van der Waals surface area contributed by atoms with Crippen molar-refractivity contribution in [2.75, 3.05) is 0 Å². The molecule has 0 spiro atoms. The molecule has 0 fully saturated rings. The van der Waals surface area contributed by atoms with Gasteiger partial charge in [0, 0.05) is 0 Å². The summed E-state index contributed by atoms with van der Waals surface area (Å²) in [5.74, 6) is 0. The molecule has 7 rings (SSSR count). The van der Waals surface area contributed by atoms with E-state index in [0.717, 1.165) is 0 Å². The van der Waals surface area contributed by atoms with E-state index in [1.54, 1.807) is 0 Å². The van der Waals surface area contributed by atoms with E-state index in [2.05, 4.69) is 121 Å². The summed E-state index contributed by atoms with van der Waals surface area (Å²) >= 11 is 0.332. The molecule has 0 aliphatic carbocycles. The fourth-order valence-electron chi connectivity index (χ4n) is 4.88. The summed E-state index contributed by atoms with van der Waals surface area (Å²) in [6.07, 6.45) is 0. The fraction of sp³-hybridized carbons (Fsp3) is 0. The minimum absolute atomic E-state index is 0.332. The molecule has 1 aromatic heterocycles. The SMILES string of the molecule is c1ccc(-c2ccc3cc4c(cc3c2)[se]c2cc3cc(-c5ccccc5)ccc3cc24)cc1. The van der Waals surface area contributed by atoms with E-state index < -0.39 is 0 Å². The summed E-state index contributed by atoms with van der Waals surface area (Å²) < 4.78 is 2.99. The van der Waals surface area contributed by atoms with Gasteiger partial charge in [0.2, 0.25) is 0 Å². The summed E-state index contributed by atoms with van der Waals surface area (Å²) in [5.41, 5.74) is 5.11. The van der Waals surface area contributed by atoms with Crippen molar-refractivity contribution in [3.05, 3.63) is 121 Å². The molecular weight excluding hydrogens is 463 g/mol.